The minimum absolute atomic E-state index is 0.0520. The van der Waals surface area contributed by atoms with E-state index in [2.05, 4.69) is 10.4 Å². The number of hydrogen-bond acceptors (Lipinski definition) is 4. The molecular weight excluding hydrogens is 428 g/mol. The van der Waals surface area contributed by atoms with E-state index in [4.69, 9.17) is 16.3 Å². The second kappa shape index (κ2) is 8.61. The van der Waals surface area contributed by atoms with E-state index >= 15 is 0 Å². The maximum atomic E-state index is 13.3. The second-order valence-electron chi connectivity index (χ2n) is 7.75. The van der Waals surface area contributed by atoms with Gasteiger partial charge in [0.15, 0.2) is 0 Å². The van der Waals surface area contributed by atoms with E-state index in [9.17, 15) is 9.59 Å². The Kier molecular flexibility index (Phi) is 5.51. The highest BCUT2D eigenvalue weighted by atomic mass is 35.5. The van der Waals surface area contributed by atoms with Crippen LogP contribution in [0.5, 0.6) is 0 Å². The lowest BCUT2D eigenvalue weighted by atomic mass is 10.1. The molecule has 2 aromatic rings. The van der Waals surface area contributed by atoms with E-state index in [1.54, 1.807) is 48.8 Å². The van der Waals surface area contributed by atoms with Gasteiger partial charge in [0.2, 0.25) is 0 Å². The Morgan fingerprint density at radius 2 is 1.91 bits per heavy atom. The molecule has 0 aliphatic carbocycles. The van der Waals surface area contributed by atoms with Crippen LogP contribution in [0.25, 0.3) is 16.9 Å². The number of ether oxygens (including phenoxy) is 1. The van der Waals surface area contributed by atoms with E-state index in [-0.39, 0.29) is 17.6 Å². The van der Waals surface area contributed by atoms with Gasteiger partial charge in [0, 0.05) is 25.5 Å². The van der Waals surface area contributed by atoms with Gasteiger partial charge in [0.25, 0.3) is 11.5 Å². The fraction of sp³-hybridized carbons (Fsp3) is 0.208. The molecule has 1 N–H and O–H groups in total. The summed E-state index contributed by atoms with van der Waals surface area (Å²) < 4.78 is 8.92. The van der Waals surface area contributed by atoms with Crippen molar-refractivity contribution >= 4 is 23.2 Å². The van der Waals surface area contributed by atoms with Gasteiger partial charge in [-0.3, -0.25) is 9.59 Å². The van der Waals surface area contributed by atoms with Crippen molar-refractivity contribution in [1.82, 2.24) is 14.3 Å². The lowest BCUT2D eigenvalue weighted by Crippen LogP contribution is -2.21. The molecule has 8 heteroatoms. The number of carbonyl (C=O) groups excluding carboxylic acids is 1. The molecule has 32 heavy (non-hydrogen) atoms. The third-order valence-electron chi connectivity index (χ3n) is 5.53. The van der Waals surface area contributed by atoms with E-state index in [0.717, 1.165) is 19.4 Å². The number of nitrogens with zero attached hydrogens (tertiary/aromatic N) is 3. The number of pyridine rings is 1. The summed E-state index contributed by atoms with van der Waals surface area (Å²) in [5, 5.41) is 7.78. The number of amides is 1. The molecule has 1 amide bonds. The molecule has 0 unspecified atom stereocenters. The zero-order chi connectivity index (χ0) is 22.1. The molecule has 3 heterocycles. The molecule has 1 atom stereocenters. The zero-order valence-corrected chi connectivity index (χ0v) is 18.0. The highest BCUT2D eigenvalue weighted by Gasteiger charge is 2.26. The topological polar surface area (TPSA) is 78.2 Å². The number of nitrogens with one attached hydrogen (secondary N) is 1. The monoisotopic (exact) mass is 448 g/mol. The van der Waals surface area contributed by atoms with Gasteiger partial charge < -0.3 is 14.6 Å². The Hall–Kier alpha value is -3.42. The highest BCUT2D eigenvalue weighted by molar-refractivity contribution is 6.34. The van der Waals surface area contributed by atoms with Gasteiger partial charge in [-0.1, -0.05) is 41.9 Å². The van der Waals surface area contributed by atoms with Crippen LogP contribution in [0.4, 0.5) is 5.69 Å². The molecule has 0 bridgehead atoms. The molecule has 162 valence electrons. The first-order valence-corrected chi connectivity index (χ1v) is 10.8. The van der Waals surface area contributed by atoms with Crippen LogP contribution in [-0.2, 0) is 11.3 Å². The smallest absolute Gasteiger partial charge is 0.282 e. The first-order valence-electron chi connectivity index (χ1n) is 10.5. The number of para-hydroxylation sites is 2. The average molecular weight is 449 g/mol. The number of halogens is 1. The molecule has 3 aliphatic heterocycles. The molecular formula is C24H21ClN4O3. The summed E-state index contributed by atoms with van der Waals surface area (Å²) in [6.07, 6.45) is 5.47. The SMILES string of the molecule is O=C(Nc1ccccc1Cl)c1cn(C[C@@H]2CCCO2)cc2c(=O)n(-c3ccccc3)nc1-2. The normalized spacial score (nSPS) is 15.8. The maximum absolute atomic E-state index is 13.3. The number of hydrogen-bond donors (Lipinski definition) is 1. The zero-order valence-electron chi connectivity index (χ0n) is 17.2. The lowest BCUT2D eigenvalue weighted by Gasteiger charge is -2.16. The molecule has 0 aromatic heterocycles. The van der Waals surface area contributed by atoms with Gasteiger partial charge in [-0.25, -0.2) is 0 Å². The van der Waals surface area contributed by atoms with Crippen LogP contribution in [0.15, 0.2) is 71.8 Å². The molecule has 1 fully saturated rings. The van der Waals surface area contributed by atoms with Crippen LogP contribution >= 0.6 is 11.6 Å². The van der Waals surface area contributed by atoms with Gasteiger partial charge in [0.1, 0.15) is 5.69 Å². The van der Waals surface area contributed by atoms with Crippen LogP contribution in [-0.4, -0.2) is 33.0 Å². The molecule has 0 spiro atoms. The predicted molar refractivity (Wildman–Crippen MR) is 123 cm³/mol. The van der Waals surface area contributed by atoms with Crippen molar-refractivity contribution in [1.29, 1.82) is 0 Å². The standard InChI is InChI=1S/C24H21ClN4O3/c25-20-10-4-5-11-21(20)26-23(30)18-14-28(13-17-9-6-12-32-17)15-19-22(18)27-29(24(19)31)16-7-2-1-3-8-16/h1-5,7-8,10-11,14-15,17H,6,9,12-13H2,(H,26,30)/t17-/m0/s1. The fourth-order valence-corrected chi connectivity index (χ4v) is 4.13. The summed E-state index contributed by atoms with van der Waals surface area (Å²) in [5.74, 6) is -0.387. The van der Waals surface area contributed by atoms with E-state index in [1.165, 1.54) is 4.68 Å². The Bertz CT molecular complexity index is 1290. The van der Waals surface area contributed by atoms with Crippen LogP contribution < -0.4 is 10.9 Å². The molecule has 3 aliphatic rings. The first-order chi connectivity index (χ1) is 15.6. The van der Waals surface area contributed by atoms with Crippen LogP contribution in [0.2, 0.25) is 5.02 Å². The van der Waals surface area contributed by atoms with Crippen molar-refractivity contribution < 1.29 is 9.53 Å². The van der Waals surface area contributed by atoms with Crippen LogP contribution in [0.3, 0.4) is 0 Å². The van der Waals surface area contributed by atoms with Crippen LogP contribution in [0, 0.1) is 0 Å². The van der Waals surface area contributed by atoms with Gasteiger partial charge in [0.05, 0.1) is 33.6 Å². The maximum Gasteiger partial charge on any atom is 0.282 e. The Morgan fingerprint density at radius 3 is 2.66 bits per heavy atom. The van der Waals surface area contributed by atoms with E-state index < -0.39 is 0 Å². The summed E-state index contributed by atoms with van der Waals surface area (Å²) in [6.45, 7) is 1.28. The van der Waals surface area contributed by atoms with Gasteiger partial charge >= 0.3 is 0 Å². The predicted octanol–water partition coefficient (Wildman–Crippen LogP) is 4.22. The molecule has 5 rings (SSSR count). The van der Waals surface area contributed by atoms with Crippen LogP contribution in [0.1, 0.15) is 23.2 Å². The van der Waals surface area contributed by atoms with E-state index in [1.807, 2.05) is 22.8 Å². The molecule has 7 nitrogen and oxygen atoms in total. The minimum Gasteiger partial charge on any atom is -0.376 e. The summed E-state index contributed by atoms with van der Waals surface area (Å²) >= 11 is 6.22. The first kappa shape index (κ1) is 20.5. The largest absolute Gasteiger partial charge is 0.376 e. The third-order valence-corrected chi connectivity index (χ3v) is 5.86. The van der Waals surface area contributed by atoms with Gasteiger partial charge in [-0.05, 0) is 37.1 Å². The number of benzene rings is 2. The summed E-state index contributed by atoms with van der Waals surface area (Å²) in [5.41, 5.74) is 1.86. The number of rotatable bonds is 5. The highest BCUT2D eigenvalue weighted by Crippen LogP contribution is 2.26. The third kappa shape index (κ3) is 3.92. The van der Waals surface area contributed by atoms with Crippen molar-refractivity contribution in [2.45, 2.75) is 25.5 Å². The summed E-state index contributed by atoms with van der Waals surface area (Å²) in [4.78, 5) is 26.5. The number of fused-ring (bicyclic) bond motifs is 1. The minimum atomic E-state index is -0.387. The number of aromatic nitrogens is 3. The van der Waals surface area contributed by atoms with Gasteiger partial charge in [-0.2, -0.15) is 9.78 Å². The summed E-state index contributed by atoms with van der Waals surface area (Å²) in [7, 11) is 0. The van der Waals surface area contributed by atoms with Gasteiger partial charge in [-0.15, -0.1) is 0 Å². The number of carbonyl (C=O) groups is 1. The number of anilines is 1. The van der Waals surface area contributed by atoms with E-state index in [0.29, 0.717) is 39.8 Å². The Labute approximate surface area is 189 Å². The van der Waals surface area contributed by atoms with Crippen molar-refractivity contribution in [2.24, 2.45) is 0 Å². The fourth-order valence-electron chi connectivity index (χ4n) is 3.95. The van der Waals surface area contributed by atoms with Crippen molar-refractivity contribution in [3.05, 3.63) is 87.9 Å². The quantitative estimate of drug-likeness (QED) is 0.495. The average Bonchev–Trinajstić information content (AvgIpc) is 3.43. The molecule has 0 saturated carbocycles. The van der Waals surface area contributed by atoms with Crippen molar-refractivity contribution in [2.75, 3.05) is 11.9 Å². The summed E-state index contributed by atoms with van der Waals surface area (Å²) in [6, 6.07) is 16.2. The molecule has 0 radical (unpaired) electrons. The second-order valence-corrected chi connectivity index (χ2v) is 8.16. The Balaban J connectivity index is 1.61. The Morgan fingerprint density at radius 1 is 1.12 bits per heavy atom. The van der Waals surface area contributed by atoms with Crippen molar-refractivity contribution in [3.8, 4) is 16.9 Å². The lowest BCUT2D eigenvalue weighted by molar-refractivity contribution is 0.0961. The van der Waals surface area contributed by atoms with Crippen molar-refractivity contribution in [3.63, 3.8) is 0 Å². The molecule has 1 saturated heterocycles. The molecule has 2 aromatic carbocycles.